The highest BCUT2D eigenvalue weighted by Crippen LogP contribution is 2.52. The van der Waals surface area contributed by atoms with Crippen LogP contribution in [0, 0.1) is 11.3 Å². The first-order valence-electron chi connectivity index (χ1n) is 9.18. The quantitative estimate of drug-likeness (QED) is 0.385. The lowest BCUT2D eigenvalue weighted by molar-refractivity contribution is -0.295. The van der Waals surface area contributed by atoms with Crippen LogP contribution in [0.3, 0.4) is 0 Å². The van der Waals surface area contributed by atoms with Crippen molar-refractivity contribution in [3.8, 4) is 0 Å². The van der Waals surface area contributed by atoms with Gasteiger partial charge in [-0.25, -0.2) is 0 Å². The SMILES string of the molecule is COC1(OC)CC(C(=O)OC(C)C)(C(=O)OC(C)C)C1.O=C1CC(C(=O)O)C1. The zero-order valence-electron chi connectivity index (χ0n) is 17.3. The molecule has 0 unspecified atom stereocenters. The molecule has 9 nitrogen and oxygen atoms in total. The van der Waals surface area contributed by atoms with Crippen molar-refractivity contribution >= 4 is 23.7 Å². The van der Waals surface area contributed by atoms with Crippen molar-refractivity contribution in [1.29, 1.82) is 0 Å². The lowest BCUT2D eigenvalue weighted by atomic mass is 9.64. The van der Waals surface area contributed by atoms with Crippen LogP contribution in [0.4, 0.5) is 0 Å². The monoisotopic (exact) mass is 402 g/mol. The fourth-order valence-corrected chi connectivity index (χ4v) is 2.93. The number of Topliss-reactive ketones (excluding diaryl/α,β-unsaturated/α-hetero) is 1. The third kappa shape index (κ3) is 5.51. The first kappa shape index (κ1) is 24.0. The van der Waals surface area contributed by atoms with Gasteiger partial charge in [0.25, 0.3) is 0 Å². The number of ether oxygens (including phenoxy) is 4. The van der Waals surface area contributed by atoms with E-state index in [1.54, 1.807) is 27.7 Å². The first-order valence-corrected chi connectivity index (χ1v) is 9.18. The average molecular weight is 402 g/mol. The number of aliphatic carboxylic acids is 1. The van der Waals surface area contributed by atoms with Crippen LogP contribution in [-0.2, 0) is 38.1 Å². The lowest BCUT2D eigenvalue weighted by Gasteiger charge is -2.50. The summed E-state index contributed by atoms with van der Waals surface area (Å²) in [6, 6.07) is 0. The van der Waals surface area contributed by atoms with Gasteiger partial charge in [-0.3, -0.25) is 19.2 Å². The maximum Gasteiger partial charge on any atom is 0.324 e. The number of esters is 2. The molecule has 0 heterocycles. The van der Waals surface area contributed by atoms with Crippen molar-refractivity contribution in [3.05, 3.63) is 0 Å². The van der Waals surface area contributed by atoms with E-state index in [0.717, 1.165) is 0 Å². The number of carboxylic acids is 1. The molecule has 0 bridgehead atoms. The van der Waals surface area contributed by atoms with Gasteiger partial charge in [0.1, 0.15) is 5.78 Å². The summed E-state index contributed by atoms with van der Waals surface area (Å²) in [4.78, 5) is 44.7. The van der Waals surface area contributed by atoms with Crippen LogP contribution in [0.2, 0.25) is 0 Å². The second-order valence-electron chi connectivity index (χ2n) is 7.64. The van der Waals surface area contributed by atoms with Crippen LogP contribution in [0.25, 0.3) is 0 Å². The van der Waals surface area contributed by atoms with E-state index in [2.05, 4.69) is 0 Å². The Labute approximate surface area is 164 Å². The van der Waals surface area contributed by atoms with Crippen molar-refractivity contribution in [2.75, 3.05) is 14.2 Å². The summed E-state index contributed by atoms with van der Waals surface area (Å²) in [7, 11) is 2.96. The Morgan fingerprint density at radius 2 is 1.32 bits per heavy atom. The number of methoxy groups -OCH3 is 2. The van der Waals surface area contributed by atoms with E-state index in [9.17, 15) is 19.2 Å². The number of ketones is 1. The summed E-state index contributed by atoms with van der Waals surface area (Å²) in [5.74, 6) is -3.23. The third-order valence-corrected chi connectivity index (χ3v) is 4.65. The van der Waals surface area contributed by atoms with Gasteiger partial charge in [-0.2, -0.15) is 0 Å². The second-order valence-corrected chi connectivity index (χ2v) is 7.64. The van der Waals surface area contributed by atoms with Crippen LogP contribution in [0.15, 0.2) is 0 Å². The molecule has 0 atom stereocenters. The fraction of sp³-hybridized carbons (Fsp3) is 0.789. The summed E-state index contributed by atoms with van der Waals surface area (Å²) in [6.07, 6.45) is 0.0939. The molecule has 160 valence electrons. The Morgan fingerprint density at radius 3 is 1.54 bits per heavy atom. The van der Waals surface area contributed by atoms with E-state index >= 15 is 0 Å². The fourth-order valence-electron chi connectivity index (χ4n) is 2.93. The van der Waals surface area contributed by atoms with Gasteiger partial charge in [0, 0.05) is 39.9 Å². The van der Waals surface area contributed by atoms with Crippen LogP contribution in [0.1, 0.15) is 53.4 Å². The van der Waals surface area contributed by atoms with E-state index in [1.807, 2.05) is 0 Å². The smallest absolute Gasteiger partial charge is 0.324 e. The maximum absolute atomic E-state index is 12.3. The van der Waals surface area contributed by atoms with Crippen LogP contribution >= 0.6 is 0 Å². The molecule has 9 heteroatoms. The molecular formula is C19H30O9. The van der Waals surface area contributed by atoms with E-state index in [-0.39, 0.29) is 49.6 Å². The highest BCUT2D eigenvalue weighted by atomic mass is 16.7. The molecule has 0 spiro atoms. The summed E-state index contributed by atoms with van der Waals surface area (Å²) in [5.41, 5.74) is -1.33. The zero-order chi connectivity index (χ0) is 21.7. The Hall–Kier alpha value is -2.00. The van der Waals surface area contributed by atoms with Crippen molar-refractivity contribution in [2.45, 2.75) is 71.4 Å². The van der Waals surface area contributed by atoms with Crippen molar-refractivity contribution in [3.63, 3.8) is 0 Å². The molecule has 1 N–H and O–H groups in total. The average Bonchev–Trinajstić information content (AvgIpc) is 2.51. The normalized spacial score (nSPS) is 19.8. The van der Waals surface area contributed by atoms with E-state index in [1.165, 1.54) is 14.2 Å². The van der Waals surface area contributed by atoms with Crippen molar-refractivity contribution in [2.24, 2.45) is 11.3 Å². The molecule has 0 aliphatic heterocycles. The van der Waals surface area contributed by atoms with E-state index in [4.69, 9.17) is 24.1 Å². The molecule has 28 heavy (non-hydrogen) atoms. The number of rotatable bonds is 7. The molecule has 0 aromatic rings. The predicted octanol–water partition coefficient (Wildman–Crippen LogP) is 1.71. The van der Waals surface area contributed by atoms with Gasteiger partial charge >= 0.3 is 17.9 Å². The summed E-state index contributed by atoms with van der Waals surface area (Å²) >= 11 is 0. The number of hydrogen-bond acceptors (Lipinski definition) is 8. The molecular weight excluding hydrogens is 372 g/mol. The largest absolute Gasteiger partial charge is 0.481 e. The van der Waals surface area contributed by atoms with E-state index < -0.39 is 29.1 Å². The molecule has 2 fully saturated rings. The van der Waals surface area contributed by atoms with E-state index in [0.29, 0.717) is 0 Å². The Morgan fingerprint density at radius 1 is 0.929 bits per heavy atom. The number of carbonyl (C=O) groups is 4. The molecule has 2 rings (SSSR count). The standard InChI is InChI=1S/C14H24O6.C5H6O3/c1-9(2)19-11(15)13(12(16)20-10(3)4)7-14(8-13,17-5)18-6;6-4-1-3(2-4)5(7)8/h9-10H,7-8H2,1-6H3;3H,1-2H2,(H,7,8). The molecule has 0 amide bonds. The predicted molar refractivity (Wildman–Crippen MR) is 96.2 cm³/mol. The molecule has 2 saturated carbocycles. The maximum atomic E-state index is 12.3. The molecule has 0 aromatic heterocycles. The number of carbonyl (C=O) groups excluding carboxylic acids is 3. The van der Waals surface area contributed by atoms with Crippen molar-refractivity contribution in [1.82, 2.24) is 0 Å². The molecule has 0 aromatic carbocycles. The molecule has 2 aliphatic rings. The van der Waals surface area contributed by atoms with Gasteiger partial charge in [-0.05, 0) is 27.7 Å². The minimum Gasteiger partial charge on any atom is -0.481 e. The van der Waals surface area contributed by atoms with Crippen molar-refractivity contribution < 1.29 is 43.2 Å². The highest BCUT2D eigenvalue weighted by Gasteiger charge is 2.67. The van der Waals surface area contributed by atoms with Crippen LogP contribution < -0.4 is 0 Å². The summed E-state index contributed by atoms with van der Waals surface area (Å²) < 4.78 is 20.9. The molecule has 2 aliphatic carbocycles. The summed E-state index contributed by atoms with van der Waals surface area (Å²) in [6.45, 7) is 6.94. The Bertz CT molecular complexity index is 565. The topological polar surface area (TPSA) is 125 Å². The van der Waals surface area contributed by atoms with Gasteiger partial charge in [0.15, 0.2) is 11.2 Å². The van der Waals surface area contributed by atoms with Crippen LogP contribution in [-0.4, -0.2) is 61.0 Å². The van der Waals surface area contributed by atoms with Gasteiger partial charge < -0.3 is 24.1 Å². The molecule has 0 saturated heterocycles. The summed E-state index contributed by atoms with van der Waals surface area (Å²) in [5, 5.41) is 8.20. The van der Waals surface area contributed by atoms with Gasteiger partial charge in [-0.1, -0.05) is 0 Å². The minimum atomic E-state index is -1.33. The third-order valence-electron chi connectivity index (χ3n) is 4.65. The van der Waals surface area contributed by atoms with Gasteiger partial charge in [0.05, 0.1) is 18.1 Å². The number of carboxylic acid groups (broad SMARTS) is 1. The zero-order valence-corrected chi connectivity index (χ0v) is 17.3. The molecule has 0 radical (unpaired) electrons. The number of hydrogen-bond donors (Lipinski definition) is 1. The first-order chi connectivity index (χ1) is 12.9. The highest BCUT2D eigenvalue weighted by molar-refractivity contribution is 6.01. The second kappa shape index (κ2) is 9.47. The minimum absolute atomic E-state index is 0.0670. The lowest BCUT2D eigenvalue weighted by Crippen LogP contribution is -2.62. The van der Waals surface area contributed by atoms with Gasteiger partial charge in [0.2, 0.25) is 0 Å². The Balaban J connectivity index is 0.000000406. The Kier molecular flexibility index (Phi) is 8.13. The van der Waals surface area contributed by atoms with Gasteiger partial charge in [-0.15, -0.1) is 0 Å². The van der Waals surface area contributed by atoms with Crippen LogP contribution in [0.5, 0.6) is 0 Å².